The van der Waals surface area contributed by atoms with Crippen LogP contribution in [0.4, 0.5) is 5.69 Å². The first-order chi connectivity index (χ1) is 19.0. The maximum atomic E-state index is 9.17. The van der Waals surface area contributed by atoms with Crippen LogP contribution >= 0.6 is 11.3 Å². The van der Waals surface area contributed by atoms with Gasteiger partial charge >= 0.3 is 0 Å². The molecule has 1 saturated heterocycles. The van der Waals surface area contributed by atoms with Gasteiger partial charge in [0.1, 0.15) is 6.29 Å². The van der Waals surface area contributed by atoms with Crippen LogP contribution < -0.4 is 4.90 Å². The van der Waals surface area contributed by atoms with Gasteiger partial charge in [-0.05, 0) is 59.4 Å². The number of carbonyl (C=O) groups excluding carboxylic acids is 1. The summed E-state index contributed by atoms with van der Waals surface area (Å²) in [5, 5.41) is 0. The van der Waals surface area contributed by atoms with E-state index in [1.165, 1.54) is 60.4 Å². The van der Waals surface area contributed by atoms with Gasteiger partial charge in [0.25, 0.3) is 0 Å². The van der Waals surface area contributed by atoms with Crippen LogP contribution in [0.2, 0.25) is 0 Å². The number of rotatable bonds is 5. The molecule has 1 aromatic rings. The SMILES string of the molecule is CC1CCCCC1.CCC=O.CCCC.CCN(c1cc(C#CC(C)(C)C)sc1C)C1CCC2(CC1)OCCO2. The number of unbranched alkanes of at least 4 members (excludes halogenated alkanes) is 1. The van der Waals surface area contributed by atoms with E-state index in [4.69, 9.17) is 9.47 Å². The van der Waals surface area contributed by atoms with Crippen LogP contribution in [0.15, 0.2) is 6.07 Å². The molecule has 0 radical (unpaired) electrons. The van der Waals surface area contributed by atoms with Crippen molar-refractivity contribution in [2.24, 2.45) is 11.3 Å². The van der Waals surface area contributed by atoms with Crippen LogP contribution in [0.3, 0.4) is 0 Å². The van der Waals surface area contributed by atoms with Crippen molar-refractivity contribution in [2.45, 2.75) is 151 Å². The predicted octanol–water partition coefficient (Wildman–Crippen LogP) is 9.95. The van der Waals surface area contributed by atoms with Crippen LogP contribution in [-0.4, -0.2) is 37.9 Å². The molecule has 2 heterocycles. The van der Waals surface area contributed by atoms with Crippen molar-refractivity contribution in [3.63, 3.8) is 0 Å². The number of aldehydes is 1. The summed E-state index contributed by atoms with van der Waals surface area (Å²) in [4.78, 5) is 14.3. The minimum atomic E-state index is -0.275. The summed E-state index contributed by atoms with van der Waals surface area (Å²) in [5.41, 5.74) is 1.40. The van der Waals surface area contributed by atoms with Crippen molar-refractivity contribution in [3.05, 3.63) is 15.8 Å². The van der Waals surface area contributed by atoms with Crippen molar-refractivity contribution < 1.29 is 14.3 Å². The van der Waals surface area contributed by atoms with E-state index in [1.807, 2.05) is 18.3 Å². The van der Waals surface area contributed by atoms with Gasteiger partial charge in [-0.25, -0.2) is 0 Å². The second kappa shape index (κ2) is 19.7. The van der Waals surface area contributed by atoms with Crippen molar-refractivity contribution >= 4 is 23.3 Å². The van der Waals surface area contributed by atoms with Crippen LogP contribution in [0.5, 0.6) is 0 Å². The Bertz CT molecular complexity index is 851. The molecular formula is C35H61NO3S. The summed E-state index contributed by atoms with van der Waals surface area (Å²) in [6, 6.07) is 2.86. The molecule has 4 nitrogen and oxygen atoms in total. The summed E-state index contributed by atoms with van der Waals surface area (Å²) in [5.74, 6) is 7.49. The summed E-state index contributed by atoms with van der Waals surface area (Å²) in [6.07, 6.45) is 15.9. The number of aryl methyl sites for hydroxylation is 1. The number of ether oxygens (including phenoxy) is 2. The molecule has 1 aliphatic heterocycles. The van der Waals surface area contributed by atoms with Gasteiger partial charge in [-0.15, -0.1) is 11.3 Å². The average Bonchev–Trinajstić information content (AvgIpc) is 3.56. The number of anilines is 1. The van der Waals surface area contributed by atoms with Gasteiger partial charge in [-0.1, -0.05) is 84.5 Å². The van der Waals surface area contributed by atoms with Gasteiger partial charge in [-0.2, -0.15) is 0 Å². The third kappa shape index (κ3) is 14.0. The summed E-state index contributed by atoms with van der Waals surface area (Å²) in [7, 11) is 0. The summed E-state index contributed by atoms with van der Waals surface area (Å²) >= 11 is 1.82. The molecule has 0 aromatic carbocycles. The summed E-state index contributed by atoms with van der Waals surface area (Å²) in [6.45, 7) is 22.0. The predicted molar refractivity (Wildman–Crippen MR) is 174 cm³/mol. The van der Waals surface area contributed by atoms with Crippen LogP contribution in [0.1, 0.15) is 142 Å². The van der Waals surface area contributed by atoms with Gasteiger partial charge in [0.05, 0.1) is 23.8 Å². The fourth-order valence-electron chi connectivity index (χ4n) is 5.14. The molecule has 40 heavy (non-hydrogen) atoms. The van der Waals surface area contributed by atoms with E-state index < -0.39 is 0 Å². The lowest BCUT2D eigenvalue weighted by molar-refractivity contribution is -0.178. The van der Waals surface area contributed by atoms with Crippen molar-refractivity contribution in [2.75, 3.05) is 24.7 Å². The maximum absolute atomic E-state index is 9.17. The van der Waals surface area contributed by atoms with Gasteiger partial charge in [0, 0.05) is 42.1 Å². The Morgan fingerprint density at radius 3 is 1.95 bits per heavy atom. The first-order valence-corrected chi connectivity index (χ1v) is 17.0. The first-order valence-electron chi connectivity index (χ1n) is 16.2. The molecule has 0 unspecified atom stereocenters. The Balaban J connectivity index is 0.000000436. The summed E-state index contributed by atoms with van der Waals surface area (Å²) < 4.78 is 11.8. The average molecular weight is 576 g/mol. The first kappa shape index (κ1) is 36.7. The van der Waals surface area contributed by atoms with Gasteiger partial charge in [-0.3, -0.25) is 0 Å². The molecule has 3 aliphatic rings. The molecule has 230 valence electrons. The quantitative estimate of drug-likeness (QED) is 0.259. The fraction of sp³-hybridized carbons (Fsp3) is 0.800. The normalized spacial score (nSPS) is 18.6. The number of hydrogen-bond acceptors (Lipinski definition) is 5. The lowest BCUT2D eigenvalue weighted by atomic mass is 9.88. The van der Waals surface area contributed by atoms with E-state index in [-0.39, 0.29) is 11.2 Å². The van der Waals surface area contributed by atoms with Gasteiger partial charge in [0.2, 0.25) is 0 Å². The smallest absolute Gasteiger partial charge is 0.168 e. The number of thiophene rings is 1. The van der Waals surface area contributed by atoms with Crippen molar-refractivity contribution in [1.82, 2.24) is 0 Å². The molecule has 3 fully saturated rings. The molecule has 0 amide bonds. The Labute approximate surface area is 252 Å². The van der Waals surface area contributed by atoms with E-state index in [2.05, 4.69) is 78.2 Å². The number of carbonyl (C=O) groups is 1. The largest absolute Gasteiger partial charge is 0.368 e. The lowest BCUT2D eigenvalue weighted by Crippen LogP contribution is -2.44. The zero-order valence-electron chi connectivity index (χ0n) is 27.5. The highest BCUT2D eigenvalue weighted by molar-refractivity contribution is 7.13. The molecule has 1 spiro atoms. The molecule has 2 saturated carbocycles. The van der Waals surface area contributed by atoms with E-state index in [0.717, 1.165) is 57.6 Å². The molecule has 0 bridgehead atoms. The molecule has 2 aliphatic carbocycles. The van der Waals surface area contributed by atoms with Crippen molar-refractivity contribution in [1.29, 1.82) is 0 Å². The highest BCUT2D eigenvalue weighted by Crippen LogP contribution is 2.40. The molecule has 1 aromatic heterocycles. The monoisotopic (exact) mass is 575 g/mol. The third-order valence-corrected chi connectivity index (χ3v) is 8.59. The molecule has 5 heteroatoms. The number of hydrogen-bond donors (Lipinski definition) is 0. The Kier molecular flexibility index (Phi) is 18.1. The Morgan fingerprint density at radius 2 is 1.55 bits per heavy atom. The van der Waals surface area contributed by atoms with E-state index in [1.54, 1.807) is 0 Å². The second-order valence-corrected chi connectivity index (χ2v) is 13.8. The standard InChI is InChI=1S/C21H31NO2S.C7H14.C4H10.C3H6O/c1-6-22(17-7-11-21(12-8-17)23-13-14-24-21)19-15-18(25-16(19)2)9-10-20(3,4)5;1-7-5-3-2-4-6-7;1-3-4-2;1-2-3-4/h15,17H,6-8,11-14H2,1-5H3;7H,2-6H2,1H3;3-4H2,1-2H3;3H,2H2,1H3. The minimum Gasteiger partial charge on any atom is -0.368 e. The molecular weight excluding hydrogens is 514 g/mol. The Hall–Kier alpha value is -1.35. The highest BCUT2D eigenvalue weighted by Gasteiger charge is 2.41. The zero-order valence-corrected chi connectivity index (χ0v) is 28.3. The highest BCUT2D eigenvalue weighted by atomic mass is 32.1. The molecule has 0 N–H and O–H groups in total. The van der Waals surface area contributed by atoms with Crippen LogP contribution in [-0.2, 0) is 14.3 Å². The van der Waals surface area contributed by atoms with Crippen LogP contribution in [0.25, 0.3) is 0 Å². The minimum absolute atomic E-state index is 0.0431. The van der Waals surface area contributed by atoms with E-state index >= 15 is 0 Å². The molecule has 4 rings (SSSR count). The van der Waals surface area contributed by atoms with Gasteiger partial charge < -0.3 is 19.2 Å². The van der Waals surface area contributed by atoms with E-state index in [9.17, 15) is 4.79 Å². The molecule has 0 atom stereocenters. The Morgan fingerprint density at radius 1 is 1.00 bits per heavy atom. The van der Waals surface area contributed by atoms with Gasteiger partial charge in [0.15, 0.2) is 5.79 Å². The second-order valence-electron chi connectivity index (χ2n) is 12.5. The van der Waals surface area contributed by atoms with Crippen LogP contribution in [0, 0.1) is 30.1 Å². The van der Waals surface area contributed by atoms with E-state index in [0.29, 0.717) is 12.5 Å². The zero-order chi connectivity index (χ0) is 30.0. The number of nitrogens with zero attached hydrogens (tertiary/aromatic N) is 1. The topological polar surface area (TPSA) is 38.8 Å². The lowest BCUT2D eigenvalue weighted by Gasteiger charge is -2.41. The third-order valence-electron chi connectivity index (χ3n) is 7.63. The maximum Gasteiger partial charge on any atom is 0.168 e. The fourth-order valence-corrected chi connectivity index (χ4v) is 6.02. The van der Waals surface area contributed by atoms with Crippen molar-refractivity contribution in [3.8, 4) is 11.8 Å².